The normalized spacial score (nSPS) is 30.2. The van der Waals surface area contributed by atoms with Crippen molar-refractivity contribution in [2.45, 2.75) is 64.5 Å². The average Bonchev–Trinajstić information content (AvgIpc) is 2.45. The lowest BCUT2D eigenvalue weighted by molar-refractivity contribution is -0.151. The van der Waals surface area contributed by atoms with Crippen molar-refractivity contribution in [2.24, 2.45) is 11.8 Å². The Morgan fingerprint density at radius 2 is 1.95 bits per heavy atom. The molecule has 0 amide bonds. The van der Waals surface area contributed by atoms with E-state index in [0.717, 1.165) is 51.0 Å². The highest BCUT2D eigenvalue weighted by atomic mass is 16.5. The van der Waals surface area contributed by atoms with Gasteiger partial charge in [-0.1, -0.05) is 27.2 Å². The van der Waals surface area contributed by atoms with Gasteiger partial charge in [-0.3, -0.25) is 0 Å². The molecule has 112 valence electrons. The predicted molar refractivity (Wildman–Crippen MR) is 78.4 cm³/mol. The van der Waals surface area contributed by atoms with Crippen LogP contribution >= 0.6 is 0 Å². The van der Waals surface area contributed by atoms with E-state index >= 15 is 0 Å². The van der Waals surface area contributed by atoms with E-state index in [9.17, 15) is 0 Å². The van der Waals surface area contributed by atoms with E-state index in [2.05, 4.69) is 26.1 Å². The van der Waals surface area contributed by atoms with Gasteiger partial charge in [0.05, 0.1) is 5.60 Å². The molecule has 3 heteroatoms. The van der Waals surface area contributed by atoms with Crippen LogP contribution in [0.15, 0.2) is 0 Å². The van der Waals surface area contributed by atoms with Crippen LogP contribution in [0.3, 0.4) is 0 Å². The molecule has 2 aliphatic rings. The first-order valence-corrected chi connectivity index (χ1v) is 8.16. The summed E-state index contributed by atoms with van der Waals surface area (Å²) < 4.78 is 11.7. The van der Waals surface area contributed by atoms with Crippen LogP contribution in [0.25, 0.3) is 0 Å². The van der Waals surface area contributed by atoms with Crippen LogP contribution in [0, 0.1) is 11.8 Å². The topological polar surface area (TPSA) is 30.5 Å². The summed E-state index contributed by atoms with van der Waals surface area (Å²) in [4.78, 5) is 0. The summed E-state index contributed by atoms with van der Waals surface area (Å²) in [6.45, 7) is 10.7. The third-order valence-electron chi connectivity index (χ3n) is 5.14. The average molecular weight is 269 g/mol. The molecule has 3 nitrogen and oxygen atoms in total. The van der Waals surface area contributed by atoms with E-state index in [1.54, 1.807) is 0 Å². The first-order valence-electron chi connectivity index (χ1n) is 8.16. The first-order chi connectivity index (χ1) is 9.21. The quantitative estimate of drug-likeness (QED) is 0.832. The predicted octanol–water partition coefficient (Wildman–Crippen LogP) is 2.99. The fourth-order valence-electron chi connectivity index (χ4n) is 3.79. The van der Waals surface area contributed by atoms with Gasteiger partial charge in [0.2, 0.25) is 0 Å². The van der Waals surface area contributed by atoms with Gasteiger partial charge in [-0.25, -0.2) is 0 Å². The number of hydrogen-bond acceptors (Lipinski definition) is 3. The third-order valence-corrected chi connectivity index (χ3v) is 5.14. The molecule has 3 atom stereocenters. The first kappa shape index (κ1) is 15.3. The number of ether oxygens (including phenoxy) is 2. The minimum Gasteiger partial charge on any atom is -0.381 e. The molecule has 0 radical (unpaired) electrons. The largest absolute Gasteiger partial charge is 0.381 e. The Labute approximate surface area is 118 Å². The standard InChI is InChI=1S/C16H31NO2/c1-4-13(3)15(17-5-2)14-6-9-19-16(12-14)7-10-18-11-8-16/h13-15,17H,4-12H2,1-3H3. The van der Waals surface area contributed by atoms with Crippen LogP contribution in [0.4, 0.5) is 0 Å². The van der Waals surface area contributed by atoms with Gasteiger partial charge in [0, 0.05) is 25.9 Å². The Morgan fingerprint density at radius 1 is 1.21 bits per heavy atom. The van der Waals surface area contributed by atoms with Crippen LogP contribution < -0.4 is 5.32 Å². The van der Waals surface area contributed by atoms with Crippen molar-refractivity contribution in [3.8, 4) is 0 Å². The molecule has 0 bridgehead atoms. The van der Waals surface area contributed by atoms with Crippen molar-refractivity contribution in [3.05, 3.63) is 0 Å². The van der Waals surface area contributed by atoms with Gasteiger partial charge in [-0.2, -0.15) is 0 Å². The summed E-state index contributed by atoms with van der Waals surface area (Å²) in [5.41, 5.74) is 0.127. The van der Waals surface area contributed by atoms with Crippen LogP contribution in [-0.4, -0.2) is 38.0 Å². The van der Waals surface area contributed by atoms with Gasteiger partial charge >= 0.3 is 0 Å². The Morgan fingerprint density at radius 3 is 2.58 bits per heavy atom. The zero-order chi connectivity index (χ0) is 13.7. The van der Waals surface area contributed by atoms with Crippen molar-refractivity contribution in [2.75, 3.05) is 26.4 Å². The zero-order valence-corrected chi connectivity index (χ0v) is 12.9. The molecular formula is C16H31NO2. The number of nitrogens with one attached hydrogen (secondary N) is 1. The SMILES string of the molecule is CCNC(C(C)CC)C1CCOC2(CCOCC2)C1. The van der Waals surface area contributed by atoms with Gasteiger partial charge in [-0.05, 0) is 44.1 Å². The highest BCUT2D eigenvalue weighted by Gasteiger charge is 2.41. The van der Waals surface area contributed by atoms with Crippen molar-refractivity contribution < 1.29 is 9.47 Å². The molecule has 3 unspecified atom stereocenters. The summed E-state index contributed by atoms with van der Waals surface area (Å²) in [6.07, 6.45) is 5.86. The smallest absolute Gasteiger partial charge is 0.0729 e. The van der Waals surface area contributed by atoms with Gasteiger partial charge < -0.3 is 14.8 Å². The molecule has 1 N–H and O–H groups in total. The molecule has 2 fully saturated rings. The highest BCUT2D eigenvalue weighted by molar-refractivity contribution is 4.93. The summed E-state index contributed by atoms with van der Waals surface area (Å²) in [5.74, 6) is 1.52. The van der Waals surface area contributed by atoms with Crippen LogP contribution in [0.1, 0.15) is 52.9 Å². The van der Waals surface area contributed by atoms with E-state index in [-0.39, 0.29) is 5.60 Å². The fraction of sp³-hybridized carbons (Fsp3) is 1.00. The lowest BCUT2D eigenvalue weighted by atomic mass is 9.74. The van der Waals surface area contributed by atoms with E-state index < -0.39 is 0 Å². The second-order valence-electron chi connectivity index (χ2n) is 6.37. The maximum atomic E-state index is 6.17. The van der Waals surface area contributed by atoms with Gasteiger partial charge in [0.1, 0.15) is 0 Å². The second kappa shape index (κ2) is 7.05. The van der Waals surface area contributed by atoms with Crippen LogP contribution in [0.2, 0.25) is 0 Å². The molecule has 0 saturated carbocycles. The molecular weight excluding hydrogens is 238 g/mol. The van der Waals surface area contributed by atoms with Gasteiger partial charge in [0.25, 0.3) is 0 Å². The van der Waals surface area contributed by atoms with Gasteiger partial charge in [0.15, 0.2) is 0 Å². The lowest BCUT2D eigenvalue weighted by Gasteiger charge is -2.46. The molecule has 2 saturated heterocycles. The van der Waals surface area contributed by atoms with Crippen molar-refractivity contribution in [3.63, 3.8) is 0 Å². The van der Waals surface area contributed by atoms with Gasteiger partial charge in [-0.15, -0.1) is 0 Å². The Bertz CT molecular complexity index is 258. The molecule has 2 aliphatic heterocycles. The third kappa shape index (κ3) is 3.71. The Balaban J connectivity index is 2.01. The molecule has 0 aliphatic carbocycles. The maximum Gasteiger partial charge on any atom is 0.0729 e. The highest BCUT2D eigenvalue weighted by Crippen LogP contribution is 2.39. The molecule has 0 aromatic carbocycles. The van der Waals surface area contributed by atoms with Crippen molar-refractivity contribution in [1.82, 2.24) is 5.32 Å². The fourth-order valence-corrected chi connectivity index (χ4v) is 3.79. The molecule has 1 spiro atoms. The molecule has 0 aromatic heterocycles. The molecule has 2 rings (SSSR count). The summed E-state index contributed by atoms with van der Waals surface area (Å²) >= 11 is 0. The zero-order valence-electron chi connectivity index (χ0n) is 12.9. The summed E-state index contributed by atoms with van der Waals surface area (Å²) in [7, 11) is 0. The number of rotatable bonds is 5. The van der Waals surface area contributed by atoms with E-state index in [0.29, 0.717) is 6.04 Å². The van der Waals surface area contributed by atoms with E-state index in [1.165, 1.54) is 19.3 Å². The van der Waals surface area contributed by atoms with Crippen molar-refractivity contribution in [1.29, 1.82) is 0 Å². The molecule has 19 heavy (non-hydrogen) atoms. The summed E-state index contributed by atoms with van der Waals surface area (Å²) in [5, 5.41) is 3.74. The minimum atomic E-state index is 0.127. The Kier molecular flexibility index (Phi) is 5.67. The molecule has 2 heterocycles. The summed E-state index contributed by atoms with van der Waals surface area (Å²) in [6, 6.07) is 0.651. The van der Waals surface area contributed by atoms with E-state index in [1.807, 2.05) is 0 Å². The molecule has 0 aromatic rings. The number of hydrogen-bond donors (Lipinski definition) is 1. The Hall–Kier alpha value is -0.120. The lowest BCUT2D eigenvalue weighted by Crippen LogP contribution is -2.51. The van der Waals surface area contributed by atoms with Crippen LogP contribution in [0.5, 0.6) is 0 Å². The monoisotopic (exact) mass is 269 g/mol. The van der Waals surface area contributed by atoms with Crippen LogP contribution in [-0.2, 0) is 9.47 Å². The van der Waals surface area contributed by atoms with Crippen molar-refractivity contribution >= 4 is 0 Å². The minimum absolute atomic E-state index is 0.127. The van der Waals surface area contributed by atoms with E-state index in [4.69, 9.17) is 9.47 Å². The second-order valence-corrected chi connectivity index (χ2v) is 6.37. The maximum absolute atomic E-state index is 6.17.